The highest BCUT2D eigenvalue weighted by Crippen LogP contribution is 2.21. The summed E-state index contributed by atoms with van der Waals surface area (Å²) in [5.74, 6) is -1.03. The molecule has 1 aromatic carbocycles. The van der Waals surface area contributed by atoms with E-state index >= 15 is 0 Å². The molecule has 1 amide bonds. The van der Waals surface area contributed by atoms with Gasteiger partial charge in [0.05, 0.1) is 17.6 Å². The molecule has 0 aliphatic carbocycles. The predicted molar refractivity (Wildman–Crippen MR) is 69.7 cm³/mol. The number of benzene rings is 1. The first-order chi connectivity index (χ1) is 8.49. The number of halogens is 2. The van der Waals surface area contributed by atoms with E-state index in [9.17, 15) is 9.18 Å². The van der Waals surface area contributed by atoms with Crippen molar-refractivity contribution in [2.45, 2.75) is 0 Å². The maximum Gasteiger partial charge on any atom is 0.276 e. The first-order valence-corrected chi connectivity index (χ1v) is 5.82. The zero-order chi connectivity index (χ0) is 13.3. The van der Waals surface area contributed by atoms with Crippen molar-refractivity contribution in [3.63, 3.8) is 0 Å². The standard InChI is InChI=1S/C11H10BrFN4O/c1-17-10(8(14)5-15-17)11(18)16-9-4-6(12)2-3-7(9)13/h2-5H,14H2,1H3,(H,16,18). The summed E-state index contributed by atoms with van der Waals surface area (Å²) in [5.41, 5.74) is 6.13. The Labute approximate surface area is 111 Å². The predicted octanol–water partition coefficient (Wildman–Crippen LogP) is 2.16. The summed E-state index contributed by atoms with van der Waals surface area (Å²) < 4.78 is 15.5. The Morgan fingerprint density at radius 3 is 2.89 bits per heavy atom. The number of carbonyl (C=O) groups excluding carboxylic acids is 1. The zero-order valence-electron chi connectivity index (χ0n) is 9.45. The highest BCUT2D eigenvalue weighted by atomic mass is 79.9. The van der Waals surface area contributed by atoms with Crippen LogP contribution in [0.2, 0.25) is 0 Å². The number of anilines is 2. The molecule has 18 heavy (non-hydrogen) atoms. The highest BCUT2D eigenvalue weighted by molar-refractivity contribution is 9.10. The van der Waals surface area contributed by atoms with Gasteiger partial charge in [0.2, 0.25) is 0 Å². The van der Waals surface area contributed by atoms with Gasteiger partial charge in [0.15, 0.2) is 0 Å². The van der Waals surface area contributed by atoms with Crippen LogP contribution in [0.3, 0.4) is 0 Å². The number of carbonyl (C=O) groups is 1. The van der Waals surface area contributed by atoms with E-state index in [1.807, 2.05) is 0 Å². The fraction of sp³-hybridized carbons (Fsp3) is 0.0909. The third kappa shape index (κ3) is 2.35. The van der Waals surface area contributed by atoms with Crippen molar-refractivity contribution in [2.24, 2.45) is 7.05 Å². The molecule has 94 valence electrons. The minimum Gasteiger partial charge on any atom is -0.396 e. The van der Waals surface area contributed by atoms with Crippen LogP contribution in [0.1, 0.15) is 10.5 Å². The number of aromatic nitrogens is 2. The van der Waals surface area contributed by atoms with Crippen molar-refractivity contribution in [3.8, 4) is 0 Å². The Hall–Kier alpha value is -1.89. The lowest BCUT2D eigenvalue weighted by atomic mass is 10.3. The maximum atomic E-state index is 13.5. The van der Waals surface area contributed by atoms with E-state index in [4.69, 9.17) is 5.73 Å². The van der Waals surface area contributed by atoms with Gasteiger partial charge in [0.25, 0.3) is 5.91 Å². The molecule has 0 atom stereocenters. The average Bonchev–Trinajstić information content (AvgIpc) is 2.63. The molecule has 0 bridgehead atoms. The molecular formula is C11H10BrFN4O. The van der Waals surface area contributed by atoms with Crippen LogP contribution in [0.15, 0.2) is 28.9 Å². The Morgan fingerprint density at radius 1 is 1.56 bits per heavy atom. The van der Waals surface area contributed by atoms with Crippen LogP contribution in [0.4, 0.5) is 15.8 Å². The second-order valence-corrected chi connectivity index (χ2v) is 4.57. The van der Waals surface area contributed by atoms with Crippen LogP contribution in [-0.4, -0.2) is 15.7 Å². The van der Waals surface area contributed by atoms with Gasteiger partial charge in [-0.1, -0.05) is 15.9 Å². The van der Waals surface area contributed by atoms with Crippen LogP contribution < -0.4 is 11.1 Å². The van der Waals surface area contributed by atoms with E-state index in [1.54, 1.807) is 13.1 Å². The molecule has 7 heteroatoms. The second-order valence-electron chi connectivity index (χ2n) is 3.65. The first kappa shape index (κ1) is 12.6. The molecule has 2 aromatic rings. The van der Waals surface area contributed by atoms with Gasteiger partial charge < -0.3 is 11.1 Å². The number of hydrogen-bond donors (Lipinski definition) is 2. The van der Waals surface area contributed by atoms with Crippen LogP contribution in [0.5, 0.6) is 0 Å². The summed E-state index contributed by atoms with van der Waals surface area (Å²) in [5, 5.41) is 6.30. The molecular weight excluding hydrogens is 303 g/mol. The van der Waals surface area contributed by atoms with Crippen molar-refractivity contribution >= 4 is 33.2 Å². The number of rotatable bonds is 2. The number of aryl methyl sites for hydroxylation is 1. The van der Waals surface area contributed by atoms with E-state index in [-0.39, 0.29) is 17.1 Å². The Kier molecular flexibility index (Phi) is 3.33. The molecule has 0 aliphatic heterocycles. The molecule has 1 aromatic heterocycles. The van der Waals surface area contributed by atoms with Gasteiger partial charge in [-0.25, -0.2) is 4.39 Å². The van der Waals surface area contributed by atoms with Crippen molar-refractivity contribution in [2.75, 3.05) is 11.1 Å². The summed E-state index contributed by atoms with van der Waals surface area (Å²) in [4.78, 5) is 11.9. The molecule has 0 fully saturated rings. The van der Waals surface area contributed by atoms with Gasteiger partial charge in [0, 0.05) is 11.5 Å². The van der Waals surface area contributed by atoms with Crippen LogP contribution in [0.25, 0.3) is 0 Å². The third-order valence-corrected chi connectivity index (χ3v) is 2.85. The van der Waals surface area contributed by atoms with E-state index in [2.05, 4.69) is 26.3 Å². The molecule has 0 spiro atoms. The van der Waals surface area contributed by atoms with Crippen molar-refractivity contribution in [1.82, 2.24) is 9.78 Å². The summed E-state index contributed by atoms with van der Waals surface area (Å²) in [6, 6.07) is 4.27. The number of nitrogen functional groups attached to an aromatic ring is 1. The SMILES string of the molecule is Cn1ncc(N)c1C(=O)Nc1cc(Br)ccc1F. The van der Waals surface area contributed by atoms with Crippen molar-refractivity contribution in [1.29, 1.82) is 0 Å². The fourth-order valence-electron chi connectivity index (χ4n) is 1.51. The van der Waals surface area contributed by atoms with Gasteiger partial charge in [-0.3, -0.25) is 9.48 Å². The summed E-state index contributed by atoms with van der Waals surface area (Å²) >= 11 is 3.20. The van der Waals surface area contributed by atoms with Crippen molar-refractivity contribution in [3.05, 3.63) is 40.4 Å². The second kappa shape index (κ2) is 4.77. The molecule has 1 heterocycles. The number of nitrogens with two attached hydrogens (primary N) is 1. The smallest absolute Gasteiger partial charge is 0.276 e. The molecule has 2 rings (SSSR count). The minimum absolute atomic E-state index is 0.0787. The Bertz CT molecular complexity index is 592. The lowest BCUT2D eigenvalue weighted by Gasteiger charge is -2.07. The molecule has 3 N–H and O–H groups in total. The molecule has 0 radical (unpaired) electrons. The van der Waals surface area contributed by atoms with Gasteiger partial charge in [-0.05, 0) is 18.2 Å². The first-order valence-electron chi connectivity index (χ1n) is 5.03. The zero-order valence-corrected chi connectivity index (χ0v) is 11.0. The molecule has 0 unspecified atom stereocenters. The van der Waals surface area contributed by atoms with Crippen LogP contribution in [0, 0.1) is 5.82 Å². The highest BCUT2D eigenvalue weighted by Gasteiger charge is 2.16. The van der Waals surface area contributed by atoms with Gasteiger partial charge in [-0.2, -0.15) is 5.10 Å². The lowest BCUT2D eigenvalue weighted by molar-refractivity contribution is 0.101. The van der Waals surface area contributed by atoms with E-state index < -0.39 is 11.7 Å². The van der Waals surface area contributed by atoms with Crippen molar-refractivity contribution < 1.29 is 9.18 Å². The molecule has 0 aliphatic rings. The summed E-state index contributed by atoms with van der Waals surface area (Å²) in [6.45, 7) is 0. The number of hydrogen-bond acceptors (Lipinski definition) is 3. The van der Waals surface area contributed by atoms with Gasteiger partial charge in [0.1, 0.15) is 11.5 Å². The minimum atomic E-state index is -0.521. The van der Waals surface area contributed by atoms with Gasteiger partial charge >= 0.3 is 0 Å². The Morgan fingerprint density at radius 2 is 2.28 bits per heavy atom. The van der Waals surface area contributed by atoms with E-state index in [1.165, 1.54) is 23.0 Å². The monoisotopic (exact) mass is 312 g/mol. The number of nitrogens with one attached hydrogen (secondary N) is 1. The van der Waals surface area contributed by atoms with Crippen LogP contribution >= 0.6 is 15.9 Å². The maximum absolute atomic E-state index is 13.5. The van der Waals surface area contributed by atoms with Crippen LogP contribution in [-0.2, 0) is 7.05 Å². The quantitative estimate of drug-likeness (QED) is 0.892. The summed E-state index contributed by atoms with van der Waals surface area (Å²) in [6.07, 6.45) is 1.37. The topological polar surface area (TPSA) is 72.9 Å². The lowest BCUT2D eigenvalue weighted by Crippen LogP contribution is -2.18. The Balaban J connectivity index is 2.30. The number of amides is 1. The molecule has 0 saturated carbocycles. The normalized spacial score (nSPS) is 10.4. The average molecular weight is 313 g/mol. The van der Waals surface area contributed by atoms with E-state index in [0.29, 0.717) is 4.47 Å². The largest absolute Gasteiger partial charge is 0.396 e. The third-order valence-electron chi connectivity index (χ3n) is 2.36. The molecule has 5 nitrogen and oxygen atoms in total. The fourth-order valence-corrected chi connectivity index (χ4v) is 1.87. The summed E-state index contributed by atoms with van der Waals surface area (Å²) in [7, 11) is 1.59. The number of nitrogens with zero attached hydrogens (tertiary/aromatic N) is 2. The molecule has 0 saturated heterocycles. The van der Waals surface area contributed by atoms with Gasteiger partial charge in [-0.15, -0.1) is 0 Å². The van der Waals surface area contributed by atoms with E-state index in [0.717, 1.165) is 0 Å².